The molecule has 1 saturated heterocycles. The van der Waals surface area contributed by atoms with E-state index in [9.17, 15) is 0 Å². The summed E-state index contributed by atoms with van der Waals surface area (Å²) in [5.74, 6) is 2.44. The van der Waals surface area contributed by atoms with E-state index in [1.54, 1.807) is 7.11 Å². The van der Waals surface area contributed by atoms with Gasteiger partial charge in [-0.15, -0.1) is 0 Å². The molecule has 0 aliphatic carbocycles. The average molecular weight is 292 g/mol. The molecule has 1 fully saturated rings. The molecule has 4 nitrogen and oxygen atoms in total. The molecule has 1 aromatic carbocycles. The molecule has 1 aliphatic heterocycles. The Bertz CT molecular complexity index is 406. The van der Waals surface area contributed by atoms with Crippen molar-refractivity contribution in [1.29, 1.82) is 0 Å². The number of ether oxygens (including phenoxy) is 2. The maximum atomic E-state index is 5.83. The van der Waals surface area contributed by atoms with Crippen molar-refractivity contribution in [2.75, 3.05) is 39.9 Å². The third-order valence-electron chi connectivity index (χ3n) is 4.05. The quantitative estimate of drug-likeness (QED) is 0.873. The summed E-state index contributed by atoms with van der Waals surface area (Å²) >= 11 is 0. The number of nitrogens with zero attached hydrogens (tertiary/aromatic N) is 1. The van der Waals surface area contributed by atoms with Gasteiger partial charge in [-0.1, -0.05) is 13.8 Å². The molecule has 0 saturated carbocycles. The van der Waals surface area contributed by atoms with Crippen LogP contribution >= 0.6 is 0 Å². The van der Waals surface area contributed by atoms with Crippen molar-refractivity contribution in [1.82, 2.24) is 10.2 Å². The smallest absolute Gasteiger partial charge is 0.119 e. The average Bonchev–Trinajstić information content (AvgIpc) is 2.74. The van der Waals surface area contributed by atoms with Gasteiger partial charge in [0.2, 0.25) is 0 Å². The van der Waals surface area contributed by atoms with Crippen LogP contribution in [0.15, 0.2) is 24.3 Å². The molecular formula is C17H28N2O2. The standard InChI is InChI=1S/C17H28N2O2/c1-14(2)17-13-19(10-4-9-18-17)11-12-21-16-7-5-15(20-3)6-8-16/h5-8,14,17-18H,4,9-13H2,1-3H3. The van der Waals surface area contributed by atoms with E-state index in [2.05, 4.69) is 24.1 Å². The topological polar surface area (TPSA) is 33.7 Å². The fraction of sp³-hybridized carbons (Fsp3) is 0.647. The summed E-state index contributed by atoms with van der Waals surface area (Å²) < 4.78 is 11.0. The molecule has 0 amide bonds. The van der Waals surface area contributed by atoms with Crippen LogP contribution in [0.5, 0.6) is 11.5 Å². The van der Waals surface area contributed by atoms with Crippen LogP contribution in [-0.4, -0.2) is 50.8 Å². The molecule has 0 bridgehead atoms. The van der Waals surface area contributed by atoms with Gasteiger partial charge >= 0.3 is 0 Å². The predicted octanol–water partition coefficient (Wildman–Crippen LogP) is 2.39. The lowest BCUT2D eigenvalue weighted by Gasteiger charge is -2.26. The van der Waals surface area contributed by atoms with Crippen LogP contribution in [0.4, 0.5) is 0 Å². The Morgan fingerprint density at radius 3 is 2.62 bits per heavy atom. The number of hydrogen-bond donors (Lipinski definition) is 1. The second kappa shape index (κ2) is 8.25. The summed E-state index contributed by atoms with van der Waals surface area (Å²) in [5.41, 5.74) is 0. The summed E-state index contributed by atoms with van der Waals surface area (Å²) in [5, 5.41) is 3.64. The SMILES string of the molecule is COc1ccc(OCCN2CCCNC(C(C)C)C2)cc1. The summed E-state index contributed by atoms with van der Waals surface area (Å²) in [7, 11) is 1.67. The van der Waals surface area contributed by atoms with Crippen LogP contribution in [0.2, 0.25) is 0 Å². The Kier molecular flexibility index (Phi) is 6.33. The van der Waals surface area contributed by atoms with Crippen molar-refractivity contribution in [3.63, 3.8) is 0 Å². The van der Waals surface area contributed by atoms with Gasteiger partial charge in [-0.3, -0.25) is 4.90 Å². The van der Waals surface area contributed by atoms with Gasteiger partial charge in [0.1, 0.15) is 18.1 Å². The minimum Gasteiger partial charge on any atom is -0.497 e. The summed E-state index contributed by atoms with van der Waals surface area (Å²) in [4.78, 5) is 2.51. The lowest BCUT2D eigenvalue weighted by atomic mass is 10.0. The zero-order valence-electron chi connectivity index (χ0n) is 13.5. The van der Waals surface area contributed by atoms with Gasteiger partial charge in [0.25, 0.3) is 0 Å². The highest BCUT2D eigenvalue weighted by Gasteiger charge is 2.19. The van der Waals surface area contributed by atoms with E-state index in [1.807, 2.05) is 24.3 Å². The third-order valence-corrected chi connectivity index (χ3v) is 4.05. The van der Waals surface area contributed by atoms with Gasteiger partial charge in [-0.05, 0) is 49.7 Å². The normalized spacial score (nSPS) is 20.3. The zero-order valence-corrected chi connectivity index (χ0v) is 13.5. The first-order chi connectivity index (χ1) is 10.2. The molecule has 1 N–H and O–H groups in total. The molecule has 118 valence electrons. The number of rotatable bonds is 6. The summed E-state index contributed by atoms with van der Waals surface area (Å²) in [6.07, 6.45) is 1.21. The van der Waals surface area contributed by atoms with Gasteiger partial charge in [0.15, 0.2) is 0 Å². The number of hydrogen-bond acceptors (Lipinski definition) is 4. The monoisotopic (exact) mass is 292 g/mol. The molecule has 1 aliphatic rings. The van der Waals surface area contributed by atoms with E-state index in [4.69, 9.17) is 9.47 Å². The fourth-order valence-corrected chi connectivity index (χ4v) is 2.64. The van der Waals surface area contributed by atoms with Crippen LogP contribution in [0, 0.1) is 5.92 Å². The van der Waals surface area contributed by atoms with E-state index in [0.717, 1.165) is 44.3 Å². The lowest BCUT2D eigenvalue weighted by molar-refractivity contribution is 0.196. The van der Waals surface area contributed by atoms with Gasteiger partial charge in [0.05, 0.1) is 7.11 Å². The second-order valence-corrected chi connectivity index (χ2v) is 5.98. The number of benzene rings is 1. The second-order valence-electron chi connectivity index (χ2n) is 5.98. The molecule has 0 aromatic heterocycles. The van der Waals surface area contributed by atoms with Crippen molar-refractivity contribution in [2.24, 2.45) is 5.92 Å². The van der Waals surface area contributed by atoms with Crippen molar-refractivity contribution in [3.8, 4) is 11.5 Å². The molecule has 2 rings (SSSR count). The molecule has 21 heavy (non-hydrogen) atoms. The minimum atomic E-state index is 0.591. The number of nitrogens with one attached hydrogen (secondary N) is 1. The van der Waals surface area contributed by atoms with Crippen molar-refractivity contribution in [2.45, 2.75) is 26.3 Å². The van der Waals surface area contributed by atoms with Crippen LogP contribution in [0.1, 0.15) is 20.3 Å². The first-order valence-corrected chi connectivity index (χ1v) is 7.91. The molecule has 1 atom stereocenters. The molecule has 0 radical (unpaired) electrons. The number of methoxy groups -OCH3 is 1. The highest BCUT2D eigenvalue weighted by Crippen LogP contribution is 2.17. The first kappa shape index (κ1) is 16.1. The van der Waals surface area contributed by atoms with E-state index in [1.165, 1.54) is 6.42 Å². The summed E-state index contributed by atoms with van der Waals surface area (Å²) in [6.45, 7) is 9.68. The molecule has 1 aromatic rings. The van der Waals surface area contributed by atoms with Crippen LogP contribution in [0.3, 0.4) is 0 Å². The van der Waals surface area contributed by atoms with Gasteiger partial charge < -0.3 is 14.8 Å². The Morgan fingerprint density at radius 1 is 1.24 bits per heavy atom. The largest absolute Gasteiger partial charge is 0.497 e. The highest BCUT2D eigenvalue weighted by atomic mass is 16.5. The van der Waals surface area contributed by atoms with Gasteiger partial charge in [-0.2, -0.15) is 0 Å². The predicted molar refractivity (Wildman–Crippen MR) is 86.2 cm³/mol. The summed E-state index contributed by atoms with van der Waals surface area (Å²) in [6, 6.07) is 8.37. The lowest BCUT2D eigenvalue weighted by Crippen LogP contribution is -2.42. The van der Waals surface area contributed by atoms with E-state index < -0.39 is 0 Å². The van der Waals surface area contributed by atoms with Gasteiger partial charge in [0, 0.05) is 19.1 Å². The Hall–Kier alpha value is -1.26. The van der Waals surface area contributed by atoms with Crippen LogP contribution in [0.25, 0.3) is 0 Å². The Morgan fingerprint density at radius 2 is 1.95 bits per heavy atom. The maximum Gasteiger partial charge on any atom is 0.119 e. The van der Waals surface area contributed by atoms with Crippen LogP contribution in [-0.2, 0) is 0 Å². The highest BCUT2D eigenvalue weighted by molar-refractivity contribution is 5.31. The van der Waals surface area contributed by atoms with E-state index in [-0.39, 0.29) is 0 Å². The van der Waals surface area contributed by atoms with E-state index in [0.29, 0.717) is 12.0 Å². The van der Waals surface area contributed by atoms with Crippen molar-refractivity contribution < 1.29 is 9.47 Å². The molecule has 1 unspecified atom stereocenters. The zero-order chi connectivity index (χ0) is 15.1. The fourth-order valence-electron chi connectivity index (χ4n) is 2.64. The van der Waals surface area contributed by atoms with Crippen LogP contribution < -0.4 is 14.8 Å². The van der Waals surface area contributed by atoms with E-state index >= 15 is 0 Å². The minimum absolute atomic E-state index is 0.591. The van der Waals surface area contributed by atoms with Crippen molar-refractivity contribution in [3.05, 3.63) is 24.3 Å². The maximum absolute atomic E-state index is 5.83. The Labute approximate surface area is 128 Å². The third kappa shape index (κ3) is 5.21. The van der Waals surface area contributed by atoms with Gasteiger partial charge in [-0.25, -0.2) is 0 Å². The molecular weight excluding hydrogens is 264 g/mol. The molecule has 4 heteroatoms. The first-order valence-electron chi connectivity index (χ1n) is 7.91. The molecule has 0 spiro atoms. The Balaban J connectivity index is 1.76. The van der Waals surface area contributed by atoms with Crippen molar-refractivity contribution >= 4 is 0 Å². The molecule has 1 heterocycles.